The van der Waals surface area contributed by atoms with Crippen LogP contribution in [0.15, 0.2) is 30.3 Å². The van der Waals surface area contributed by atoms with Gasteiger partial charge in [0.25, 0.3) is 0 Å². The third kappa shape index (κ3) is 1.69. The summed E-state index contributed by atoms with van der Waals surface area (Å²) >= 11 is 0. The lowest BCUT2D eigenvalue weighted by Crippen LogP contribution is -2.51. The number of nitrogens with one attached hydrogen (secondary N) is 1. The molecule has 1 aliphatic heterocycles. The van der Waals surface area contributed by atoms with E-state index in [1.54, 1.807) is 5.19 Å². The zero-order chi connectivity index (χ0) is 9.31. The summed E-state index contributed by atoms with van der Waals surface area (Å²) < 4.78 is 0. The highest BCUT2D eigenvalue weighted by molar-refractivity contribution is 6.76. The molecule has 0 aromatic heterocycles. The van der Waals surface area contributed by atoms with Crippen LogP contribution in [0.1, 0.15) is 13.8 Å². The van der Waals surface area contributed by atoms with E-state index in [0.29, 0.717) is 5.16 Å². The number of benzene rings is 1. The Bertz CT molecular complexity index is 281. The Morgan fingerprint density at radius 2 is 1.92 bits per heavy atom. The molecule has 0 aliphatic carbocycles. The van der Waals surface area contributed by atoms with E-state index in [9.17, 15) is 0 Å². The maximum absolute atomic E-state index is 3.61. The van der Waals surface area contributed by atoms with E-state index >= 15 is 0 Å². The number of rotatable bonds is 1. The van der Waals surface area contributed by atoms with Gasteiger partial charge >= 0.3 is 0 Å². The van der Waals surface area contributed by atoms with Crippen molar-refractivity contribution in [1.29, 1.82) is 0 Å². The number of hydrogen-bond donors (Lipinski definition) is 1. The lowest BCUT2D eigenvalue weighted by Gasteiger charge is -2.26. The largest absolute Gasteiger partial charge is 0.315 e. The highest BCUT2D eigenvalue weighted by Gasteiger charge is 2.36. The molecule has 0 radical (unpaired) electrons. The summed E-state index contributed by atoms with van der Waals surface area (Å²) in [5.41, 5.74) is 0. The van der Waals surface area contributed by atoms with E-state index in [1.807, 2.05) is 0 Å². The molecule has 0 spiro atoms. The Kier molecular flexibility index (Phi) is 2.26. The van der Waals surface area contributed by atoms with Crippen LogP contribution in [0.2, 0.25) is 6.04 Å². The van der Waals surface area contributed by atoms with E-state index in [1.165, 1.54) is 12.6 Å². The summed E-state index contributed by atoms with van der Waals surface area (Å²) in [4.78, 5) is 0. The van der Waals surface area contributed by atoms with Crippen LogP contribution in [0, 0.1) is 0 Å². The Morgan fingerprint density at radius 1 is 1.23 bits per heavy atom. The summed E-state index contributed by atoms with van der Waals surface area (Å²) in [6.07, 6.45) is 0. The van der Waals surface area contributed by atoms with Gasteiger partial charge < -0.3 is 5.32 Å². The van der Waals surface area contributed by atoms with Crippen LogP contribution in [-0.4, -0.2) is 20.5 Å². The van der Waals surface area contributed by atoms with Crippen LogP contribution >= 0.6 is 0 Å². The smallest absolute Gasteiger partial charge is 0.0936 e. The first-order chi connectivity index (χ1) is 6.20. The third-order valence-corrected chi connectivity index (χ3v) is 7.09. The van der Waals surface area contributed by atoms with Crippen molar-refractivity contribution >= 4 is 14.0 Å². The predicted octanol–water partition coefficient (Wildman–Crippen LogP) is 1.04. The van der Waals surface area contributed by atoms with Crippen molar-refractivity contribution in [2.45, 2.75) is 25.1 Å². The van der Waals surface area contributed by atoms with Crippen LogP contribution < -0.4 is 10.5 Å². The van der Waals surface area contributed by atoms with Gasteiger partial charge in [-0.2, -0.15) is 0 Å². The molecule has 0 amide bonds. The zero-order valence-corrected chi connectivity index (χ0v) is 9.53. The molecule has 1 saturated heterocycles. The van der Waals surface area contributed by atoms with E-state index < -0.39 is 8.80 Å². The normalized spacial score (nSPS) is 26.2. The third-order valence-electron chi connectivity index (χ3n) is 3.09. The Hall–Kier alpha value is -0.603. The lowest BCUT2D eigenvalue weighted by molar-refractivity contribution is 0.577. The van der Waals surface area contributed by atoms with Crippen molar-refractivity contribution in [2.75, 3.05) is 6.54 Å². The molecule has 1 aromatic rings. The van der Waals surface area contributed by atoms with E-state index in [0.717, 1.165) is 0 Å². The van der Waals surface area contributed by atoms with Crippen LogP contribution in [-0.2, 0) is 0 Å². The molecule has 1 atom stereocenters. The average molecular weight is 191 g/mol. The molecule has 70 valence electrons. The van der Waals surface area contributed by atoms with Crippen molar-refractivity contribution in [3.8, 4) is 0 Å². The second kappa shape index (κ2) is 3.27. The van der Waals surface area contributed by atoms with Crippen LogP contribution in [0.5, 0.6) is 0 Å². The quantitative estimate of drug-likeness (QED) is 0.654. The minimum absolute atomic E-state index is 0.404. The van der Waals surface area contributed by atoms with Gasteiger partial charge in [0.1, 0.15) is 0 Å². The van der Waals surface area contributed by atoms with Gasteiger partial charge in [-0.3, -0.25) is 0 Å². The first kappa shape index (κ1) is 8.97. The van der Waals surface area contributed by atoms with E-state index in [4.69, 9.17) is 0 Å². The molecule has 1 aliphatic rings. The van der Waals surface area contributed by atoms with Crippen molar-refractivity contribution in [3.05, 3.63) is 30.3 Å². The minimum atomic E-state index is -0.760. The van der Waals surface area contributed by atoms with Crippen molar-refractivity contribution in [3.63, 3.8) is 0 Å². The minimum Gasteiger partial charge on any atom is -0.315 e. The first-order valence-electron chi connectivity index (χ1n) is 5.00. The highest BCUT2D eigenvalue weighted by Crippen LogP contribution is 2.17. The molecule has 1 unspecified atom stereocenters. The van der Waals surface area contributed by atoms with Gasteiger partial charge in [-0.15, -0.1) is 0 Å². The molecule has 1 N–H and O–H groups in total. The van der Waals surface area contributed by atoms with Gasteiger partial charge in [0, 0.05) is 5.16 Å². The topological polar surface area (TPSA) is 12.0 Å². The number of hydrogen-bond acceptors (Lipinski definition) is 1. The maximum atomic E-state index is 3.61. The first-order valence-corrected chi connectivity index (χ1v) is 6.97. The van der Waals surface area contributed by atoms with Crippen molar-refractivity contribution in [2.24, 2.45) is 0 Å². The van der Waals surface area contributed by atoms with Gasteiger partial charge in [-0.1, -0.05) is 35.5 Å². The fraction of sp³-hybridized carbons (Fsp3) is 0.455. The second-order valence-corrected chi connectivity index (χ2v) is 8.19. The molecule has 1 fully saturated rings. The molecule has 1 heterocycles. The Balaban J connectivity index is 2.27. The molecule has 2 rings (SSSR count). The van der Waals surface area contributed by atoms with Crippen molar-refractivity contribution in [1.82, 2.24) is 5.32 Å². The Morgan fingerprint density at radius 3 is 2.46 bits per heavy atom. The lowest BCUT2D eigenvalue weighted by atomic mass is 10.4. The van der Waals surface area contributed by atoms with Crippen LogP contribution in [0.3, 0.4) is 0 Å². The van der Waals surface area contributed by atoms with Crippen LogP contribution in [0.4, 0.5) is 0 Å². The molecule has 0 bridgehead atoms. The summed E-state index contributed by atoms with van der Waals surface area (Å²) in [5.74, 6) is 0. The van der Waals surface area contributed by atoms with Gasteiger partial charge in [0.2, 0.25) is 0 Å². The molecular weight excluding hydrogens is 174 g/mol. The molecular formula is C11H17NSi. The van der Waals surface area contributed by atoms with Gasteiger partial charge in [-0.25, -0.2) is 0 Å². The van der Waals surface area contributed by atoms with Gasteiger partial charge in [-0.05, 0) is 26.4 Å². The zero-order valence-electron chi connectivity index (χ0n) is 8.38. The maximum Gasteiger partial charge on any atom is 0.0936 e. The summed E-state index contributed by atoms with van der Waals surface area (Å²) in [6.45, 7) is 5.91. The SMILES string of the molecule is CC1(C)NCC[SiH]1c1ccccc1. The standard InChI is InChI=1S/C11H17NSi/c1-11(2)12-8-9-13(11)10-6-4-3-5-7-10/h3-7,12-13H,8-9H2,1-2H3. The van der Waals surface area contributed by atoms with Gasteiger partial charge in [0.15, 0.2) is 0 Å². The van der Waals surface area contributed by atoms with E-state index in [2.05, 4.69) is 49.5 Å². The fourth-order valence-electron chi connectivity index (χ4n) is 2.29. The molecule has 13 heavy (non-hydrogen) atoms. The van der Waals surface area contributed by atoms with Crippen molar-refractivity contribution < 1.29 is 0 Å². The summed E-state index contributed by atoms with van der Waals surface area (Å²) in [5, 5.41) is 5.62. The molecule has 1 nitrogen and oxygen atoms in total. The average Bonchev–Trinajstić information content (AvgIpc) is 2.47. The molecule has 0 saturated carbocycles. The summed E-state index contributed by atoms with van der Waals surface area (Å²) in [6, 6.07) is 12.4. The highest BCUT2D eigenvalue weighted by atomic mass is 28.3. The Labute approximate surface area is 81.8 Å². The fourth-order valence-corrected chi connectivity index (χ4v) is 5.69. The monoisotopic (exact) mass is 191 g/mol. The van der Waals surface area contributed by atoms with Gasteiger partial charge in [0.05, 0.1) is 8.80 Å². The second-order valence-electron chi connectivity index (χ2n) is 4.40. The predicted molar refractivity (Wildman–Crippen MR) is 60.1 cm³/mol. The summed E-state index contributed by atoms with van der Waals surface area (Å²) in [7, 11) is -0.760. The molecule has 2 heteroatoms. The van der Waals surface area contributed by atoms with E-state index in [-0.39, 0.29) is 0 Å². The molecule has 1 aromatic carbocycles. The van der Waals surface area contributed by atoms with Crippen LogP contribution in [0.25, 0.3) is 0 Å².